The van der Waals surface area contributed by atoms with Crippen LogP contribution >= 0.6 is 0 Å². The minimum absolute atomic E-state index is 0.161. The third-order valence-electron chi connectivity index (χ3n) is 2.98. The first-order valence-corrected chi connectivity index (χ1v) is 6.90. The Morgan fingerprint density at radius 1 is 1.26 bits per heavy atom. The van der Waals surface area contributed by atoms with Crippen molar-refractivity contribution in [2.45, 2.75) is 52.4 Å². The van der Waals surface area contributed by atoms with Gasteiger partial charge in [-0.15, -0.1) is 0 Å². The second-order valence-corrected chi connectivity index (χ2v) is 4.79. The van der Waals surface area contributed by atoms with Crippen LogP contribution in [0.3, 0.4) is 0 Å². The number of carbonyl (C=O) groups excluding carboxylic acids is 2. The van der Waals surface area contributed by atoms with E-state index in [9.17, 15) is 9.59 Å². The molecule has 0 fully saturated rings. The molecule has 1 aromatic rings. The second-order valence-electron chi connectivity index (χ2n) is 4.79. The number of aldehydes is 1. The summed E-state index contributed by atoms with van der Waals surface area (Å²) in [6, 6.07) is 1.72. The smallest absolute Gasteiger partial charge is 0.336 e. The lowest BCUT2D eigenvalue weighted by Gasteiger charge is -2.06. The number of rotatable bonds is 8. The van der Waals surface area contributed by atoms with Crippen molar-refractivity contribution >= 4 is 12.3 Å². The first-order chi connectivity index (χ1) is 9.15. The molecule has 0 saturated carbocycles. The van der Waals surface area contributed by atoms with Crippen molar-refractivity contribution in [1.29, 1.82) is 0 Å². The van der Waals surface area contributed by atoms with Gasteiger partial charge in [0.2, 0.25) is 0 Å². The van der Waals surface area contributed by atoms with Gasteiger partial charge in [-0.1, -0.05) is 19.3 Å². The molecule has 0 aliphatic heterocycles. The van der Waals surface area contributed by atoms with Gasteiger partial charge in [0.15, 0.2) is 0 Å². The summed E-state index contributed by atoms with van der Waals surface area (Å²) in [4.78, 5) is 21.9. The van der Waals surface area contributed by atoms with Crippen LogP contribution in [0.4, 0.5) is 4.79 Å². The van der Waals surface area contributed by atoms with Crippen molar-refractivity contribution in [2.24, 2.45) is 0 Å². The number of unbranched alkanes of at least 4 members (excludes halogenated alkanes) is 5. The number of hydrogen-bond acceptors (Lipinski definition) is 3. The topological polar surface area (TPSA) is 64.0 Å². The average Bonchev–Trinajstić information content (AvgIpc) is 2.71. The molecule has 1 aromatic heterocycles. The van der Waals surface area contributed by atoms with Crippen molar-refractivity contribution in [3.63, 3.8) is 0 Å². The summed E-state index contributed by atoms with van der Waals surface area (Å²) in [6.45, 7) is 4.41. The lowest BCUT2D eigenvalue weighted by Crippen LogP contribution is -2.30. The van der Waals surface area contributed by atoms with E-state index in [-0.39, 0.29) is 6.03 Å². The highest BCUT2D eigenvalue weighted by atomic mass is 16.2. The van der Waals surface area contributed by atoms with Crippen molar-refractivity contribution in [2.75, 3.05) is 6.54 Å². The van der Waals surface area contributed by atoms with Crippen LogP contribution in [0.15, 0.2) is 6.07 Å². The Labute approximate surface area is 114 Å². The molecule has 0 aliphatic rings. The Bertz CT molecular complexity index is 413. The summed E-state index contributed by atoms with van der Waals surface area (Å²) in [7, 11) is 0. The molecule has 5 heteroatoms. The lowest BCUT2D eigenvalue weighted by molar-refractivity contribution is -0.107. The molecule has 106 valence electrons. The van der Waals surface area contributed by atoms with Gasteiger partial charge in [-0.25, -0.2) is 4.79 Å². The zero-order valence-electron chi connectivity index (χ0n) is 11.8. The largest absolute Gasteiger partial charge is 0.342 e. The number of carbonyl (C=O) groups is 2. The fourth-order valence-corrected chi connectivity index (χ4v) is 1.99. The van der Waals surface area contributed by atoms with Gasteiger partial charge in [0.1, 0.15) is 6.29 Å². The summed E-state index contributed by atoms with van der Waals surface area (Å²) < 4.78 is 1.40. The predicted octanol–water partition coefficient (Wildman–Crippen LogP) is 2.60. The highest BCUT2D eigenvalue weighted by molar-refractivity contribution is 5.76. The summed E-state index contributed by atoms with van der Waals surface area (Å²) in [5, 5.41) is 6.99. The fourth-order valence-electron chi connectivity index (χ4n) is 1.99. The lowest BCUT2D eigenvalue weighted by atomic mass is 10.1. The highest BCUT2D eigenvalue weighted by Gasteiger charge is 2.08. The van der Waals surface area contributed by atoms with Crippen molar-refractivity contribution in [1.82, 2.24) is 15.1 Å². The third kappa shape index (κ3) is 5.68. The number of amides is 1. The summed E-state index contributed by atoms with van der Waals surface area (Å²) >= 11 is 0. The Morgan fingerprint density at radius 3 is 2.58 bits per heavy atom. The number of hydrogen-bond donors (Lipinski definition) is 1. The van der Waals surface area contributed by atoms with E-state index < -0.39 is 0 Å². The van der Waals surface area contributed by atoms with Crippen LogP contribution < -0.4 is 5.32 Å². The van der Waals surface area contributed by atoms with E-state index in [0.29, 0.717) is 13.0 Å². The maximum atomic E-state index is 11.8. The van der Waals surface area contributed by atoms with Crippen LogP contribution in [0.5, 0.6) is 0 Å². The molecule has 5 nitrogen and oxygen atoms in total. The van der Waals surface area contributed by atoms with Crippen LogP contribution in [-0.2, 0) is 4.79 Å². The maximum Gasteiger partial charge on any atom is 0.342 e. The van der Waals surface area contributed by atoms with Gasteiger partial charge in [-0.3, -0.25) is 0 Å². The average molecular weight is 265 g/mol. The van der Waals surface area contributed by atoms with Gasteiger partial charge >= 0.3 is 6.03 Å². The Balaban J connectivity index is 2.11. The number of nitrogens with one attached hydrogen (secondary N) is 1. The van der Waals surface area contributed by atoms with Crippen LogP contribution in [0.25, 0.3) is 0 Å². The molecule has 1 N–H and O–H groups in total. The molecule has 0 atom stereocenters. The molecule has 1 amide bonds. The molecular formula is C14H23N3O2. The molecule has 0 saturated heterocycles. The number of aromatic nitrogens is 2. The molecule has 19 heavy (non-hydrogen) atoms. The SMILES string of the molecule is Cc1cc(C)n(C(=O)NCCCCCCCC=O)n1. The van der Waals surface area contributed by atoms with Gasteiger partial charge in [0, 0.05) is 18.7 Å². The minimum Gasteiger partial charge on any atom is -0.336 e. The van der Waals surface area contributed by atoms with Crippen molar-refractivity contribution < 1.29 is 9.59 Å². The van der Waals surface area contributed by atoms with Gasteiger partial charge in [0.25, 0.3) is 0 Å². The maximum absolute atomic E-state index is 11.8. The van der Waals surface area contributed by atoms with E-state index in [1.54, 1.807) is 0 Å². The summed E-state index contributed by atoms with van der Waals surface area (Å²) in [5.74, 6) is 0. The normalized spacial score (nSPS) is 10.4. The van der Waals surface area contributed by atoms with E-state index >= 15 is 0 Å². The molecule has 0 bridgehead atoms. The molecule has 0 unspecified atom stereocenters. The molecule has 0 aliphatic carbocycles. The predicted molar refractivity (Wildman–Crippen MR) is 74.3 cm³/mol. The van der Waals surface area contributed by atoms with Crippen LogP contribution in [-0.4, -0.2) is 28.6 Å². The van der Waals surface area contributed by atoms with E-state index in [2.05, 4.69) is 10.4 Å². The van der Waals surface area contributed by atoms with Gasteiger partial charge in [0.05, 0.1) is 5.69 Å². The Kier molecular flexibility index (Phi) is 6.85. The zero-order valence-corrected chi connectivity index (χ0v) is 11.8. The quantitative estimate of drug-likeness (QED) is 0.580. The van der Waals surface area contributed by atoms with E-state index in [1.807, 2.05) is 19.9 Å². The summed E-state index contributed by atoms with van der Waals surface area (Å²) in [6.07, 6.45) is 6.85. The first-order valence-electron chi connectivity index (χ1n) is 6.90. The molecule has 0 aromatic carbocycles. The van der Waals surface area contributed by atoms with Gasteiger partial charge in [-0.05, 0) is 32.8 Å². The number of aryl methyl sites for hydroxylation is 2. The number of nitrogens with zero attached hydrogens (tertiary/aromatic N) is 2. The summed E-state index contributed by atoms with van der Waals surface area (Å²) in [5.41, 5.74) is 1.70. The molecule has 1 rings (SSSR count). The Hall–Kier alpha value is -1.65. The van der Waals surface area contributed by atoms with Crippen molar-refractivity contribution in [3.05, 3.63) is 17.5 Å². The van der Waals surface area contributed by atoms with Gasteiger partial charge in [-0.2, -0.15) is 9.78 Å². The molecular weight excluding hydrogens is 242 g/mol. The second kappa shape index (κ2) is 8.45. The minimum atomic E-state index is -0.161. The van der Waals surface area contributed by atoms with Crippen LogP contribution in [0, 0.1) is 13.8 Å². The molecule has 1 heterocycles. The van der Waals surface area contributed by atoms with E-state index in [4.69, 9.17) is 0 Å². The van der Waals surface area contributed by atoms with Crippen molar-refractivity contribution in [3.8, 4) is 0 Å². The standard InChI is InChI=1S/C14H23N3O2/c1-12-11-13(2)17(16-12)14(19)15-9-7-5-3-4-6-8-10-18/h10-11H,3-9H2,1-2H3,(H,15,19). The van der Waals surface area contributed by atoms with Crippen LogP contribution in [0.1, 0.15) is 49.9 Å². The monoisotopic (exact) mass is 265 g/mol. The highest BCUT2D eigenvalue weighted by Crippen LogP contribution is 2.04. The fraction of sp³-hybridized carbons (Fsp3) is 0.643. The zero-order chi connectivity index (χ0) is 14.1. The van der Waals surface area contributed by atoms with E-state index in [0.717, 1.165) is 49.8 Å². The van der Waals surface area contributed by atoms with Gasteiger partial charge < -0.3 is 10.1 Å². The molecule has 0 spiro atoms. The Morgan fingerprint density at radius 2 is 1.95 bits per heavy atom. The van der Waals surface area contributed by atoms with Crippen LogP contribution in [0.2, 0.25) is 0 Å². The first kappa shape index (κ1) is 15.4. The van der Waals surface area contributed by atoms with E-state index in [1.165, 1.54) is 4.68 Å². The third-order valence-corrected chi connectivity index (χ3v) is 2.98. The molecule has 0 radical (unpaired) electrons.